The highest BCUT2D eigenvalue weighted by atomic mass is 32.1. The van der Waals surface area contributed by atoms with Crippen molar-refractivity contribution < 1.29 is 9.59 Å². The summed E-state index contributed by atoms with van der Waals surface area (Å²) in [6.07, 6.45) is 2.04. The third-order valence-corrected chi connectivity index (χ3v) is 5.30. The second-order valence-corrected chi connectivity index (χ2v) is 6.65. The number of thiazole rings is 1. The molecule has 5 nitrogen and oxygen atoms in total. The smallest absolute Gasteiger partial charge is 0.273 e. The largest absolute Gasteiger partial charge is 0.332 e. The molecular weight excluding hydrogens is 310 g/mol. The summed E-state index contributed by atoms with van der Waals surface area (Å²) in [5.41, 5.74) is 3.12. The van der Waals surface area contributed by atoms with Crippen LogP contribution >= 0.6 is 11.3 Å². The molecule has 0 unspecified atom stereocenters. The number of para-hydroxylation sites is 1. The van der Waals surface area contributed by atoms with Crippen molar-refractivity contribution in [3.8, 4) is 0 Å². The number of hydrogen-bond donors (Lipinski definition) is 0. The van der Waals surface area contributed by atoms with Crippen LogP contribution in [0.1, 0.15) is 29.8 Å². The quantitative estimate of drug-likeness (QED) is 0.852. The minimum absolute atomic E-state index is 0.0129. The summed E-state index contributed by atoms with van der Waals surface area (Å²) in [6, 6.07) is 9.92. The highest BCUT2D eigenvalue weighted by molar-refractivity contribution is 7.07. The Balaban J connectivity index is 1.62. The minimum Gasteiger partial charge on any atom is -0.332 e. The number of anilines is 1. The molecule has 1 aromatic heterocycles. The van der Waals surface area contributed by atoms with Gasteiger partial charge in [0.05, 0.1) is 17.6 Å². The molecule has 2 saturated heterocycles. The van der Waals surface area contributed by atoms with Crippen LogP contribution in [0, 0.1) is 0 Å². The molecule has 3 heterocycles. The summed E-state index contributed by atoms with van der Waals surface area (Å²) in [7, 11) is 0. The van der Waals surface area contributed by atoms with Gasteiger partial charge in [0.2, 0.25) is 5.91 Å². The Bertz CT molecular complexity index is 717. The molecule has 1 aromatic carbocycles. The number of piperidine rings is 1. The van der Waals surface area contributed by atoms with Crippen LogP contribution in [0.15, 0.2) is 41.2 Å². The predicted octanol–water partition coefficient (Wildman–Crippen LogP) is 2.55. The number of likely N-dealkylation sites (tertiary alicyclic amines) is 1. The minimum atomic E-state index is -0.0129. The molecule has 118 valence electrons. The van der Waals surface area contributed by atoms with Crippen molar-refractivity contribution in [2.75, 3.05) is 11.4 Å². The lowest BCUT2D eigenvalue weighted by Gasteiger charge is -2.39. The molecule has 23 heavy (non-hydrogen) atoms. The lowest BCUT2D eigenvalue weighted by atomic mass is 9.95. The summed E-state index contributed by atoms with van der Waals surface area (Å²) < 4.78 is 0. The number of carbonyl (C=O) groups excluding carboxylic acids is 2. The Morgan fingerprint density at radius 2 is 2.00 bits per heavy atom. The number of amides is 2. The van der Waals surface area contributed by atoms with Gasteiger partial charge in [0.25, 0.3) is 5.91 Å². The van der Waals surface area contributed by atoms with Crippen LogP contribution in [0.5, 0.6) is 0 Å². The van der Waals surface area contributed by atoms with E-state index in [-0.39, 0.29) is 23.9 Å². The third kappa shape index (κ3) is 2.43. The Labute approximate surface area is 138 Å². The van der Waals surface area contributed by atoms with E-state index in [1.165, 1.54) is 11.3 Å². The van der Waals surface area contributed by atoms with Crippen LogP contribution in [0.25, 0.3) is 0 Å². The van der Waals surface area contributed by atoms with Gasteiger partial charge in [-0.1, -0.05) is 18.2 Å². The number of rotatable bonds is 2. The topological polar surface area (TPSA) is 53.5 Å². The zero-order valence-corrected chi connectivity index (χ0v) is 13.4. The average Bonchev–Trinajstić information content (AvgIpc) is 3.24. The van der Waals surface area contributed by atoms with Gasteiger partial charge < -0.3 is 9.80 Å². The number of hydrogen-bond acceptors (Lipinski definition) is 4. The third-order valence-electron chi connectivity index (χ3n) is 4.71. The highest BCUT2D eigenvalue weighted by Gasteiger charge is 2.45. The second kappa shape index (κ2) is 5.77. The molecule has 2 aliphatic heterocycles. The van der Waals surface area contributed by atoms with Gasteiger partial charge in [-0.3, -0.25) is 9.59 Å². The molecule has 2 fully saturated rings. The van der Waals surface area contributed by atoms with E-state index in [0.29, 0.717) is 18.7 Å². The van der Waals surface area contributed by atoms with Crippen molar-refractivity contribution in [3.05, 3.63) is 46.9 Å². The van der Waals surface area contributed by atoms with E-state index in [0.717, 1.165) is 18.5 Å². The van der Waals surface area contributed by atoms with Crippen LogP contribution in [-0.4, -0.2) is 40.3 Å². The monoisotopic (exact) mass is 327 g/mol. The van der Waals surface area contributed by atoms with E-state index in [1.807, 2.05) is 40.1 Å². The van der Waals surface area contributed by atoms with E-state index >= 15 is 0 Å². The van der Waals surface area contributed by atoms with Crippen molar-refractivity contribution in [1.82, 2.24) is 9.88 Å². The second-order valence-electron chi connectivity index (χ2n) is 5.93. The van der Waals surface area contributed by atoms with Crippen LogP contribution in [0.4, 0.5) is 5.69 Å². The van der Waals surface area contributed by atoms with E-state index in [1.54, 1.807) is 10.9 Å². The molecule has 2 aromatic rings. The van der Waals surface area contributed by atoms with Crippen LogP contribution in [0.2, 0.25) is 0 Å². The molecule has 2 atom stereocenters. The molecule has 0 aliphatic carbocycles. The fraction of sp³-hybridized carbons (Fsp3) is 0.353. The van der Waals surface area contributed by atoms with Gasteiger partial charge in [0.15, 0.2) is 0 Å². The fourth-order valence-corrected chi connectivity index (χ4v) is 4.23. The van der Waals surface area contributed by atoms with Crippen molar-refractivity contribution in [2.24, 2.45) is 0 Å². The predicted molar refractivity (Wildman–Crippen MR) is 88.5 cm³/mol. The van der Waals surface area contributed by atoms with Crippen molar-refractivity contribution in [2.45, 2.75) is 31.3 Å². The maximum Gasteiger partial charge on any atom is 0.273 e. The molecule has 2 aliphatic rings. The highest BCUT2D eigenvalue weighted by Crippen LogP contribution is 2.35. The molecule has 0 bridgehead atoms. The van der Waals surface area contributed by atoms with Gasteiger partial charge in [0, 0.05) is 24.0 Å². The number of benzene rings is 1. The van der Waals surface area contributed by atoms with Gasteiger partial charge in [0.1, 0.15) is 5.69 Å². The molecule has 0 spiro atoms. The Morgan fingerprint density at radius 3 is 2.74 bits per heavy atom. The van der Waals surface area contributed by atoms with Crippen LogP contribution in [-0.2, 0) is 4.79 Å². The lowest BCUT2D eigenvalue weighted by Crippen LogP contribution is -2.53. The van der Waals surface area contributed by atoms with Gasteiger partial charge in [-0.25, -0.2) is 4.98 Å². The average molecular weight is 327 g/mol. The van der Waals surface area contributed by atoms with Gasteiger partial charge in [-0.05, 0) is 25.0 Å². The van der Waals surface area contributed by atoms with Crippen molar-refractivity contribution >= 4 is 28.8 Å². The number of fused-ring (bicyclic) bond motifs is 1. The molecule has 6 heteroatoms. The molecular formula is C17H17N3O2S. The molecule has 4 rings (SSSR count). The normalized spacial score (nSPS) is 23.9. The first-order valence-corrected chi connectivity index (χ1v) is 8.76. The zero-order chi connectivity index (χ0) is 15.8. The maximum absolute atomic E-state index is 12.7. The molecule has 2 amide bonds. The summed E-state index contributed by atoms with van der Waals surface area (Å²) >= 11 is 1.43. The number of nitrogens with zero attached hydrogens (tertiary/aromatic N) is 3. The SMILES string of the molecule is O=C(c1cscn1)N1CC[C@H]2[C@@H]1CCC(=O)N2c1ccccc1. The molecule has 0 N–H and O–H groups in total. The first kappa shape index (κ1) is 14.4. The van der Waals surface area contributed by atoms with Crippen LogP contribution < -0.4 is 4.90 Å². The van der Waals surface area contributed by atoms with Gasteiger partial charge in [-0.2, -0.15) is 0 Å². The first-order valence-electron chi connectivity index (χ1n) is 7.82. The first-order chi connectivity index (χ1) is 11.3. The van der Waals surface area contributed by atoms with Gasteiger partial charge in [-0.15, -0.1) is 11.3 Å². The van der Waals surface area contributed by atoms with Crippen molar-refractivity contribution in [1.29, 1.82) is 0 Å². The Hall–Kier alpha value is -2.21. The summed E-state index contributed by atoms with van der Waals surface area (Å²) in [5.74, 6) is 0.140. The standard InChI is InChI=1S/C17H17N3O2S/c21-16-7-6-14-15(20(16)12-4-2-1-3-5-12)8-9-19(14)17(22)13-10-23-11-18-13/h1-5,10-11,14-15H,6-9H2/t14-,15-/m0/s1. The Morgan fingerprint density at radius 1 is 1.17 bits per heavy atom. The maximum atomic E-state index is 12.7. The van der Waals surface area contributed by atoms with E-state index in [2.05, 4.69) is 4.98 Å². The summed E-state index contributed by atoms with van der Waals surface area (Å²) in [6.45, 7) is 0.683. The fourth-order valence-electron chi connectivity index (χ4n) is 3.70. The van der Waals surface area contributed by atoms with E-state index < -0.39 is 0 Å². The van der Waals surface area contributed by atoms with E-state index in [4.69, 9.17) is 0 Å². The summed E-state index contributed by atoms with van der Waals surface area (Å²) in [4.78, 5) is 33.0. The summed E-state index contributed by atoms with van der Waals surface area (Å²) in [5, 5.41) is 1.79. The molecule has 0 saturated carbocycles. The van der Waals surface area contributed by atoms with E-state index in [9.17, 15) is 9.59 Å². The lowest BCUT2D eigenvalue weighted by molar-refractivity contribution is -0.120. The van der Waals surface area contributed by atoms with Crippen LogP contribution in [0.3, 0.4) is 0 Å². The molecule has 0 radical (unpaired) electrons. The number of aromatic nitrogens is 1. The Kier molecular flexibility index (Phi) is 3.61. The van der Waals surface area contributed by atoms with Crippen molar-refractivity contribution in [3.63, 3.8) is 0 Å². The van der Waals surface area contributed by atoms with Gasteiger partial charge >= 0.3 is 0 Å². The zero-order valence-electron chi connectivity index (χ0n) is 12.6. The number of carbonyl (C=O) groups is 2.